The molecule has 0 saturated heterocycles. The van der Waals surface area contributed by atoms with Gasteiger partial charge in [0.05, 0.1) is 5.69 Å². The quantitative estimate of drug-likeness (QED) is 0.482. The van der Waals surface area contributed by atoms with Gasteiger partial charge in [0.1, 0.15) is 23.9 Å². The summed E-state index contributed by atoms with van der Waals surface area (Å²) in [4.78, 5) is 17.3. The molecule has 0 atom stereocenters. The highest BCUT2D eigenvalue weighted by Crippen LogP contribution is 2.29. The minimum Gasteiger partial charge on any atom is -0.487 e. The maximum atomic E-state index is 14.4. The highest BCUT2D eigenvalue weighted by molar-refractivity contribution is 6.04. The van der Waals surface area contributed by atoms with E-state index in [2.05, 4.69) is 15.4 Å². The van der Waals surface area contributed by atoms with Crippen LogP contribution in [0.3, 0.4) is 0 Å². The van der Waals surface area contributed by atoms with Crippen LogP contribution in [0, 0.1) is 5.82 Å². The largest absolute Gasteiger partial charge is 0.487 e. The molecule has 0 spiro atoms. The van der Waals surface area contributed by atoms with Crippen LogP contribution in [0.15, 0.2) is 72.9 Å². The van der Waals surface area contributed by atoms with Crippen LogP contribution in [0.1, 0.15) is 33.9 Å². The monoisotopic (exact) mass is 428 g/mol. The average Bonchev–Trinajstić information content (AvgIpc) is 3.42. The van der Waals surface area contributed by atoms with Gasteiger partial charge in [-0.25, -0.2) is 9.07 Å². The van der Waals surface area contributed by atoms with Crippen LogP contribution in [0.2, 0.25) is 0 Å². The zero-order valence-corrected chi connectivity index (χ0v) is 17.3. The van der Waals surface area contributed by atoms with Gasteiger partial charge in [0.15, 0.2) is 5.69 Å². The summed E-state index contributed by atoms with van der Waals surface area (Å²) < 4.78 is 21.7. The molecule has 0 bridgehead atoms. The Balaban J connectivity index is 1.36. The highest BCUT2D eigenvalue weighted by atomic mass is 19.1. The third kappa shape index (κ3) is 3.97. The van der Waals surface area contributed by atoms with E-state index in [-0.39, 0.29) is 11.7 Å². The predicted molar refractivity (Wildman–Crippen MR) is 119 cm³/mol. The minimum atomic E-state index is -0.366. The van der Waals surface area contributed by atoms with E-state index in [9.17, 15) is 9.18 Å². The van der Waals surface area contributed by atoms with Gasteiger partial charge in [-0.3, -0.25) is 9.78 Å². The van der Waals surface area contributed by atoms with E-state index in [0.29, 0.717) is 29.4 Å². The Labute approximate surface area is 184 Å². The number of anilines is 1. The SMILES string of the molecule is O=C(Nc1cccc(OCc2ccccn2)c1)c1nn(-c2ccccc2F)c2c1CCC2. The standard InChI is InChI=1S/C25H21FN4O2/c26-21-11-1-2-12-23(21)30-22-13-6-10-20(22)24(29-30)25(31)28-17-8-5-9-19(15-17)32-16-18-7-3-4-14-27-18/h1-5,7-9,11-12,14-15H,6,10,13,16H2,(H,28,31). The summed E-state index contributed by atoms with van der Waals surface area (Å²) in [6, 6.07) is 19.3. The lowest BCUT2D eigenvalue weighted by Crippen LogP contribution is -2.15. The van der Waals surface area contributed by atoms with Gasteiger partial charge < -0.3 is 10.1 Å². The Morgan fingerprint density at radius 3 is 2.78 bits per heavy atom. The third-order valence-electron chi connectivity index (χ3n) is 5.43. The molecule has 0 saturated carbocycles. The fraction of sp³-hybridized carbons (Fsp3) is 0.160. The number of fused-ring (bicyclic) bond motifs is 1. The highest BCUT2D eigenvalue weighted by Gasteiger charge is 2.27. The van der Waals surface area contributed by atoms with E-state index in [1.54, 1.807) is 41.2 Å². The van der Waals surface area contributed by atoms with Crippen LogP contribution in [0.4, 0.5) is 10.1 Å². The van der Waals surface area contributed by atoms with Gasteiger partial charge in [0, 0.05) is 29.2 Å². The van der Waals surface area contributed by atoms with Gasteiger partial charge >= 0.3 is 0 Å². The van der Waals surface area contributed by atoms with Crippen LogP contribution in [0.5, 0.6) is 5.75 Å². The average molecular weight is 428 g/mol. The summed E-state index contributed by atoms with van der Waals surface area (Å²) in [6.45, 7) is 0.332. The third-order valence-corrected chi connectivity index (χ3v) is 5.43. The molecule has 0 radical (unpaired) electrons. The number of hydrogen-bond donors (Lipinski definition) is 1. The first kappa shape index (κ1) is 19.9. The minimum absolute atomic E-state index is 0.319. The molecule has 1 N–H and O–H groups in total. The molecule has 1 aliphatic carbocycles. The second-order valence-electron chi connectivity index (χ2n) is 7.58. The first-order chi connectivity index (χ1) is 15.7. The van der Waals surface area contributed by atoms with Crippen LogP contribution in [-0.2, 0) is 19.4 Å². The molecule has 2 aromatic heterocycles. The van der Waals surface area contributed by atoms with Crippen molar-refractivity contribution in [1.29, 1.82) is 0 Å². The predicted octanol–water partition coefficient (Wildman–Crippen LogP) is 4.73. The second kappa shape index (κ2) is 8.63. The number of carbonyl (C=O) groups excluding carboxylic acids is 1. The maximum Gasteiger partial charge on any atom is 0.276 e. The zero-order chi connectivity index (χ0) is 21.9. The van der Waals surface area contributed by atoms with Crippen LogP contribution in [-0.4, -0.2) is 20.7 Å². The Bertz CT molecular complexity index is 1270. The van der Waals surface area contributed by atoms with Gasteiger partial charge in [0.25, 0.3) is 5.91 Å². The summed E-state index contributed by atoms with van der Waals surface area (Å²) in [5, 5.41) is 7.38. The number of aromatic nitrogens is 3. The number of para-hydroxylation sites is 1. The van der Waals surface area contributed by atoms with E-state index in [1.807, 2.05) is 30.3 Å². The molecular formula is C25H21FN4O2. The molecule has 1 amide bonds. The second-order valence-corrected chi connectivity index (χ2v) is 7.58. The number of ether oxygens (including phenoxy) is 1. The lowest BCUT2D eigenvalue weighted by molar-refractivity contribution is 0.102. The van der Waals surface area contributed by atoms with Crippen molar-refractivity contribution in [3.8, 4) is 11.4 Å². The normalized spacial score (nSPS) is 12.4. The Hall–Kier alpha value is -4.00. The Morgan fingerprint density at radius 2 is 1.94 bits per heavy atom. The van der Waals surface area contributed by atoms with Gasteiger partial charge in [-0.1, -0.05) is 24.3 Å². The number of hydrogen-bond acceptors (Lipinski definition) is 4. The molecule has 0 fully saturated rings. The van der Waals surface area contributed by atoms with Crippen molar-refractivity contribution in [3.63, 3.8) is 0 Å². The van der Waals surface area contributed by atoms with Crippen LogP contribution in [0.25, 0.3) is 5.69 Å². The van der Waals surface area contributed by atoms with Crippen molar-refractivity contribution in [3.05, 3.63) is 101 Å². The molecule has 2 heterocycles. The molecule has 2 aromatic carbocycles. The smallest absolute Gasteiger partial charge is 0.276 e. The lowest BCUT2D eigenvalue weighted by Gasteiger charge is -2.09. The van der Waals surface area contributed by atoms with Crippen LogP contribution < -0.4 is 10.1 Å². The number of nitrogens with one attached hydrogen (secondary N) is 1. The molecule has 160 valence electrons. The van der Waals surface area contributed by atoms with E-state index >= 15 is 0 Å². The maximum absolute atomic E-state index is 14.4. The fourth-order valence-corrected chi connectivity index (χ4v) is 3.94. The van der Waals surface area contributed by atoms with Crippen LogP contribution >= 0.6 is 0 Å². The number of amides is 1. The summed E-state index contributed by atoms with van der Waals surface area (Å²) in [6.07, 6.45) is 4.15. The number of nitrogens with zero attached hydrogens (tertiary/aromatic N) is 3. The van der Waals surface area contributed by atoms with Gasteiger partial charge in [-0.2, -0.15) is 5.10 Å². The lowest BCUT2D eigenvalue weighted by atomic mass is 10.2. The summed E-state index contributed by atoms with van der Waals surface area (Å²) in [5.41, 5.74) is 3.88. The van der Waals surface area contributed by atoms with Gasteiger partial charge in [-0.05, 0) is 55.7 Å². The molecule has 5 rings (SSSR count). The first-order valence-corrected chi connectivity index (χ1v) is 10.5. The fourth-order valence-electron chi connectivity index (χ4n) is 3.94. The number of rotatable bonds is 6. The summed E-state index contributed by atoms with van der Waals surface area (Å²) >= 11 is 0. The van der Waals surface area contributed by atoms with E-state index < -0.39 is 0 Å². The molecule has 32 heavy (non-hydrogen) atoms. The molecular weight excluding hydrogens is 407 g/mol. The molecule has 1 aliphatic rings. The number of carbonyl (C=O) groups is 1. The van der Waals surface area contributed by atoms with Crippen molar-refractivity contribution in [2.45, 2.75) is 25.9 Å². The van der Waals surface area contributed by atoms with Gasteiger partial charge in [-0.15, -0.1) is 0 Å². The zero-order valence-electron chi connectivity index (χ0n) is 17.3. The first-order valence-electron chi connectivity index (χ1n) is 10.5. The number of pyridine rings is 1. The van der Waals surface area contributed by atoms with E-state index in [1.165, 1.54) is 6.07 Å². The summed E-state index contributed by atoms with van der Waals surface area (Å²) in [7, 11) is 0. The molecule has 4 aromatic rings. The van der Waals surface area contributed by atoms with Crippen molar-refractivity contribution >= 4 is 11.6 Å². The molecule has 0 aliphatic heterocycles. The molecule has 6 nitrogen and oxygen atoms in total. The Morgan fingerprint density at radius 1 is 1.06 bits per heavy atom. The van der Waals surface area contributed by atoms with E-state index in [4.69, 9.17) is 4.74 Å². The molecule has 0 unspecified atom stereocenters. The summed E-state index contributed by atoms with van der Waals surface area (Å²) in [5.74, 6) is -0.0647. The number of benzene rings is 2. The van der Waals surface area contributed by atoms with Crippen molar-refractivity contribution in [2.75, 3.05) is 5.32 Å². The van der Waals surface area contributed by atoms with E-state index in [0.717, 1.165) is 36.2 Å². The topological polar surface area (TPSA) is 69.0 Å². The molecule has 7 heteroatoms. The number of halogens is 1. The van der Waals surface area contributed by atoms with Gasteiger partial charge in [0.2, 0.25) is 0 Å². The van der Waals surface area contributed by atoms with Crippen molar-refractivity contribution in [2.24, 2.45) is 0 Å². The Kier molecular flexibility index (Phi) is 5.37. The van der Waals surface area contributed by atoms with Crippen molar-refractivity contribution in [1.82, 2.24) is 14.8 Å². The van der Waals surface area contributed by atoms with Crippen molar-refractivity contribution < 1.29 is 13.9 Å².